The molecule has 0 unspecified atom stereocenters. The molecule has 2 N–H and O–H groups in total. The fraction of sp³-hybridized carbons (Fsp3) is 0.357. The van der Waals surface area contributed by atoms with Crippen LogP contribution in [0.3, 0.4) is 0 Å². The Morgan fingerprint density at radius 3 is 2.50 bits per heavy atom. The summed E-state index contributed by atoms with van der Waals surface area (Å²) in [5, 5.41) is 7.26. The Hall–Kier alpha value is -3.92. The number of carbonyl (C=O) groups is 2. The summed E-state index contributed by atoms with van der Waals surface area (Å²) in [5.74, 6) is 0.904. The number of methoxy groups -OCH3 is 2. The third kappa shape index (κ3) is 5.96. The normalized spacial score (nSPS) is 12.4. The predicted octanol–water partition coefficient (Wildman–Crippen LogP) is 5.21. The Bertz CT molecular complexity index is 1290. The Kier molecular flexibility index (Phi) is 8.62. The quantitative estimate of drug-likeness (QED) is 0.386. The van der Waals surface area contributed by atoms with Gasteiger partial charge >= 0.3 is 6.09 Å². The van der Waals surface area contributed by atoms with Crippen LogP contribution in [0.25, 0.3) is 0 Å². The zero-order valence-electron chi connectivity index (χ0n) is 22.4. The Morgan fingerprint density at radius 2 is 1.84 bits per heavy atom. The maximum Gasteiger partial charge on any atom is 0.410 e. The van der Waals surface area contributed by atoms with Crippen LogP contribution in [0.2, 0.25) is 0 Å². The van der Waals surface area contributed by atoms with Gasteiger partial charge in [-0.15, -0.1) is 11.3 Å². The fourth-order valence-electron chi connectivity index (χ4n) is 4.32. The van der Waals surface area contributed by atoms with Gasteiger partial charge in [-0.2, -0.15) is 0 Å². The minimum absolute atomic E-state index is 0.235. The molecule has 10 heteroatoms. The van der Waals surface area contributed by atoms with Crippen molar-refractivity contribution < 1.29 is 23.8 Å². The molecule has 2 aromatic carbocycles. The summed E-state index contributed by atoms with van der Waals surface area (Å²) < 4.78 is 16.0. The van der Waals surface area contributed by atoms with Gasteiger partial charge < -0.3 is 34.6 Å². The van der Waals surface area contributed by atoms with E-state index in [4.69, 9.17) is 14.2 Å². The molecule has 0 radical (unpaired) electrons. The zero-order chi connectivity index (χ0) is 27.2. The zero-order valence-corrected chi connectivity index (χ0v) is 23.2. The summed E-state index contributed by atoms with van der Waals surface area (Å²) in [6.07, 6.45) is 0.225. The van der Waals surface area contributed by atoms with E-state index in [0.717, 1.165) is 26.7 Å². The van der Waals surface area contributed by atoms with E-state index in [1.54, 1.807) is 44.2 Å². The van der Waals surface area contributed by atoms with Crippen LogP contribution in [0.15, 0.2) is 42.5 Å². The Labute approximate surface area is 227 Å². The van der Waals surface area contributed by atoms with Crippen molar-refractivity contribution in [2.24, 2.45) is 0 Å². The largest absolute Gasteiger partial charge is 0.497 e. The number of carbonyl (C=O) groups excluding carboxylic acids is 2. The monoisotopic (exact) mass is 538 g/mol. The van der Waals surface area contributed by atoms with E-state index in [1.165, 1.54) is 11.3 Å². The number of fused-ring (bicyclic) bond motifs is 1. The first-order valence-electron chi connectivity index (χ1n) is 12.4. The molecule has 3 aromatic rings. The molecule has 0 spiro atoms. The summed E-state index contributed by atoms with van der Waals surface area (Å²) in [6.45, 7) is 3.57. The molecule has 4 rings (SSSR count). The van der Waals surface area contributed by atoms with Crippen molar-refractivity contribution in [3.05, 3.63) is 64.0 Å². The number of nitrogens with zero attached hydrogens (tertiary/aromatic N) is 2. The number of hydrogen-bond donors (Lipinski definition) is 2. The molecule has 0 fully saturated rings. The van der Waals surface area contributed by atoms with Crippen molar-refractivity contribution in [3.63, 3.8) is 0 Å². The van der Waals surface area contributed by atoms with Gasteiger partial charge in [0.2, 0.25) is 0 Å². The smallest absolute Gasteiger partial charge is 0.410 e. The van der Waals surface area contributed by atoms with Gasteiger partial charge in [0.05, 0.1) is 38.6 Å². The highest BCUT2D eigenvalue weighted by molar-refractivity contribution is 7.16. The minimum atomic E-state index is -0.337. The number of anilines is 3. The van der Waals surface area contributed by atoms with Crippen LogP contribution in [0, 0.1) is 0 Å². The van der Waals surface area contributed by atoms with Gasteiger partial charge in [0.1, 0.15) is 16.5 Å². The third-order valence-corrected chi connectivity index (χ3v) is 7.55. The van der Waals surface area contributed by atoms with Crippen molar-refractivity contribution in [2.75, 3.05) is 57.0 Å². The lowest BCUT2D eigenvalue weighted by Crippen LogP contribution is -2.36. The molecule has 1 aliphatic rings. The molecule has 2 heterocycles. The van der Waals surface area contributed by atoms with Gasteiger partial charge in [-0.1, -0.05) is 12.1 Å². The van der Waals surface area contributed by atoms with Crippen LogP contribution in [0.5, 0.6) is 11.5 Å². The molecule has 0 bridgehead atoms. The highest BCUT2D eigenvalue weighted by atomic mass is 32.1. The molecule has 0 aliphatic carbocycles. The molecule has 0 atom stereocenters. The van der Waals surface area contributed by atoms with Crippen molar-refractivity contribution in [1.82, 2.24) is 4.90 Å². The molecule has 202 valence electrons. The number of amides is 2. The molecule has 9 nitrogen and oxygen atoms in total. The standard InChI is InChI=1S/C28H34N4O5S/c1-6-37-28(34)32-14-13-21-24(17-32)38-27(29-16-18-7-9-19(10-8-18)31(2)3)25(21)26(33)30-22-12-11-20(35-4)15-23(22)36-5/h7-12,15,29H,6,13-14,16-17H2,1-5H3,(H,30,33). The first-order chi connectivity index (χ1) is 18.3. The highest BCUT2D eigenvalue weighted by Crippen LogP contribution is 2.39. The Morgan fingerprint density at radius 1 is 1.08 bits per heavy atom. The lowest BCUT2D eigenvalue weighted by molar-refractivity contribution is 0.102. The molecular weight excluding hydrogens is 504 g/mol. The number of ether oxygens (including phenoxy) is 3. The second-order valence-electron chi connectivity index (χ2n) is 9.01. The first-order valence-corrected chi connectivity index (χ1v) is 13.3. The van der Waals surface area contributed by atoms with E-state index >= 15 is 0 Å². The summed E-state index contributed by atoms with van der Waals surface area (Å²) in [7, 11) is 7.14. The number of nitrogens with one attached hydrogen (secondary N) is 2. The molecule has 38 heavy (non-hydrogen) atoms. The van der Waals surface area contributed by atoms with Crippen LogP contribution < -0.4 is 25.0 Å². The van der Waals surface area contributed by atoms with Crippen LogP contribution in [0.1, 0.15) is 33.3 Å². The number of thiophene rings is 1. The van der Waals surface area contributed by atoms with Crippen LogP contribution in [-0.2, 0) is 24.2 Å². The Balaban J connectivity index is 1.62. The second-order valence-corrected chi connectivity index (χ2v) is 10.1. The van der Waals surface area contributed by atoms with Gasteiger partial charge in [-0.05, 0) is 48.7 Å². The summed E-state index contributed by atoms with van der Waals surface area (Å²) in [4.78, 5) is 30.8. The summed E-state index contributed by atoms with van der Waals surface area (Å²) in [5.41, 5.74) is 4.31. The topological polar surface area (TPSA) is 92.4 Å². The molecule has 1 aliphatic heterocycles. The van der Waals surface area contributed by atoms with Crippen molar-refractivity contribution in [2.45, 2.75) is 26.4 Å². The lowest BCUT2D eigenvalue weighted by atomic mass is 10.0. The fourth-order valence-corrected chi connectivity index (χ4v) is 5.58. The molecule has 1 aromatic heterocycles. The first kappa shape index (κ1) is 27.1. The predicted molar refractivity (Wildman–Crippen MR) is 151 cm³/mol. The highest BCUT2D eigenvalue weighted by Gasteiger charge is 2.30. The van der Waals surface area contributed by atoms with Crippen molar-refractivity contribution in [3.8, 4) is 11.5 Å². The second kappa shape index (κ2) is 12.1. The third-order valence-electron chi connectivity index (χ3n) is 6.37. The molecule has 2 amide bonds. The minimum Gasteiger partial charge on any atom is -0.497 e. The van der Waals surface area contributed by atoms with E-state index < -0.39 is 0 Å². The van der Waals surface area contributed by atoms with E-state index in [1.807, 2.05) is 14.1 Å². The average molecular weight is 539 g/mol. The van der Waals surface area contributed by atoms with E-state index in [2.05, 4.69) is 39.8 Å². The van der Waals surface area contributed by atoms with Gasteiger partial charge in [0, 0.05) is 43.8 Å². The number of rotatable bonds is 9. The van der Waals surface area contributed by atoms with Crippen LogP contribution >= 0.6 is 11.3 Å². The van der Waals surface area contributed by atoms with Gasteiger partial charge in [-0.3, -0.25) is 4.79 Å². The summed E-state index contributed by atoms with van der Waals surface area (Å²) >= 11 is 1.50. The number of hydrogen-bond acceptors (Lipinski definition) is 8. The summed E-state index contributed by atoms with van der Waals surface area (Å²) in [6, 6.07) is 13.5. The van der Waals surface area contributed by atoms with Gasteiger partial charge in [-0.25, -0.2) is 4.79 Å². The van der Waals surface area contributed by atoms with Gasteiger partial charge in [0.25, 0.3) is 5.91 Å². The molecule has 0 saturated heterocycles. The van der Waals surface area contributed by atoms with E-state index in [-0.39, 0.29) is 12.0 Å². The van der Waals surface area contributed by atoms with Crippen LogP contribution in [-0.4, -0.2) is 58.4 Å². The lowest BCUT2D eigenvalue weighted by Gasteiger charge is -2.26. The molecule has 0 saturated carbocycles. The van der Waals surface area contributed by atoms with Gasteiger partial charge in [0.15, 0.2) is 0 Å². The van der Waals surface area contributed by atoms with E-state index in [0.29, 0.717) is 55.4 Å². The molecular formula is C28H34N4O5S. The maximum absolute atomic E-state index is 13.7. The number of benzene rings is 2. The average Bonchev–Trinajstić information content (AvgIpc) is 3.30. The van der Waals surface area contributed by atoms with E-state index in [9.17, 15) is 9.59 Å². The van der Waals surface area contributed by atoms with Crippen molar-refractivity contribution in [1.29, 1.82) is 0 Å². The maximum atomic E-state index is 13.7. The SMILES string of the molecule is CCOC(=O)N1CCc2c(sc(NCc3ccc(N(C)C)cc3)c2C(=O)Nc2ccc(OC)cc2OC)C1. The van der Waals surface area contributed by atoms with Crippen LogP contribution in [0.4, 0.5) is 21.2 Å². The van der Waals surface area contributed by atoms with Crippen molar-refractivity contribution >= 4 is 39.7 Å².